The monoisotopic (exact) mass is 349 g/mol. The van der Waals surface area contributed by atoms with Gasteiger partial charge in [-0.05, 0) is 37.4 Å². The standard InChI is InChI=1S/C16H17ClFN5O/c1-22-6-8-23(9-7-22)15-5-4-14(20-21-15)16(24)19-11-2-3-13(18)12(17)10-11/h2-5,10H,6-9H2,1H3,(H,19,24). The van der Waals surface area contributed by atoms with E-state index in [9.17, 15) is 9.18 Å². The Balaban J connectivity index is 1.66. The molecule has 0 saturated carbocycles. The molecule has 126 valence electrons. The third kappa shape index (κ3) is 3.80. The Labute approximate surface area is 144 Å². The molecule has 2 heterocycles. The van der Waals surface area contributed by atoms with Gasteiger partial charge in [-0.1, -0.05) is 11.6 Å². The number of nitrogens with zero attached hydrogens (tertiary/aromatic N) is 4. The number of rotatable bonds is 3. The van der Waals surface area contributed by atoms with Gasteiger partial charge in [-0.15, -0.1) is 10.2 Å². The Kier molecular flexibility index (Phi) is 4.92. The molecule has 1 fully saturated rings. The van der Waals surface area contributed by atoms with Gasteiger partial charge in [-0.25, -0.2) is 4.39 Å². The first-order chi connectivity index (χ1) is 11.5. The summed E-state index contributed by atoms with van der Waals surface area (Å²) in [7, 11) is 2.08. The van der Waals surface area contributed by atoms with Crippen LogP contribution in [0.4, 0.5) is 15.9 Å². The molecule has 0 radical (unpaired) electrons. The van der Waals surface area contributed by atoms with Gasteiger partial charge in [0.1, 0.15) is 5.82 Å². The SMILES string of the molecule is CN1CCN(c2ccc(C(=O)Nc3ccc(F)c(Cl)c3)nn2)CC1. The van der Waals surface area contributed by atoms with Crippen LogP contribution in [0.5, 0.6) is 0 Å². The van der Waals surface area contributed by atoms with Gasteiger partial charge in [0, 0.05) is 31.9 Å². The average Bonchev–Trinajstić information content (AvgIpc) is 2.59. The summed E-state index contributed by atoms with van der Waals surface area (Å²) in [5, 5.41) is 10.7. The molecule has 1 aromatic carbocycles. The normalized spacial score (nSPS) is 15.4. The molecule has 6 nitrogen and oxygen atoms in total. The minimum absolute atomic E-state index is 0.0516. The van der Waals surface area contributed by atoms with E-state index in [1.807, 2.05) is 0 Å². The van der Waals surface area contributed by atoms with Crippen molar-refractivity contribution < 1.29 is 9.18 Å². The van der Waals surface area contributed by atoms with E-state index in [1.54, 1.807) is 12.1 Å². The molecular weight excluding hydrogens is 333 g/mol. The van der Waals surface area contributed by atoms with E-state index in [1.165, 1.54) is 18.2 Å². The quantitative estimate of drug-likeness (QED) is 0.921. The predicted molar refractivity (Wildman–Crippen MR) is 91.1 cm³/mol. The summed E-state index contributed by atoms with van der Waals surface area (Å²) in [6.07, 6.45) is 0. The van der Waals surface area contributed by atoms with E-state index in [0.29, 0.717) is 5.69 Å². The molecular formula is C16H17ClFN5O. The summed E-state index contributed by atoms with van der Waals surface area (Å²) >= 11 is 5.70. The van der Waals surface area contributed by atoms with Crippen LogP contribution in [0.15, 0.2) is 30.3 Å². The van der Waals surface area contributed by atoms with E-state index in [-0.39, 0.29) is 10.7 Å². The lowest BCUT2D eigenvalue weighted by molar-refractivity contribution is 0.102. The molecule has 1 aromatic heterocycles. The van der Waals surface area contributed by atoms with E-state index < -0.39 is 11.7 Å². The zero-order valence-corrected chi connectivity index (χ0v) is 13.9. The Morgan fingerprint density at radius 2 is 1.92 bits per heavy atom. The minimum Gasteiger partial charge on any atom is -0.353 e. The van der Waals surface area contributed by atoms with Crippen molar-refractivity contribution in [2.75, 3.05) is 43.4 Å². The summed E-state index contributed by atoms with van der Waals surface area (Å²) in [4.78, 5) is 16.6. The van der Waals surface area contributed by atoms with Gasteiger partial charge in [0.05, 0.1) is 5.02 Å². The fraction of sp³-hybridized carbons (Fsp3) is 0.312. The highest BCUT2D eigenvalue weighted by molar-refractivity contribution is 6.31. The summed E-state index contributed by atoms with van der Waals surface area (Å²) in [6, 6.07) is 7.39. The molecule has 8 heteroatoms. The first kappa shape index (κ1) is 16.6. The Morgan fingerprint density at radius 1 is 1.17 bits per heavy atom. The molecule has 0 bridgehead atoms. The van der Waals surface area contributed by atoms with Crippen molar-refractivity contribution in [2.24, 2.45) is 0 Å². The van der Waals surface area contributed by atoms with Crippen LogP contribution in [-0.2, 0) is 0 Å². The minimum atomic E-state index is -0.536. The lowest BCUT2D eigenvalue weighted by atomic mass is 10.3. The third-order valence-electron chi connectivity index (χ3n) is 3.89. The van der Waals surface area contributed by atoms with Gasteiger partial charge in [0.2, 0.25) is 0 Å². The van der Waals surface area contributed by atoms with Crippen LogP contribution in [0.3, 0.4) is 0 Å². The number of aromatic nitrogens is 2. The fourth-order valence-corrected chi connectivity index (χ4v) is 2.60. The number of piperazine rings is 1. The summed E-state index contributed by atoms with van der Waals surface area (Å²) < 4.78 is 13.1. The molecule has 0 unspecified atom stereocenters. The molecule has 24 heavy (non-hydrogen) atoms. The molecule has 0 aliphatic carbocycles. The first-order valence-corrected chi connectivity index (χ1v) is 7.94. The highest BCUT2D eigenvalue weighted by Crippen LogP contribution is 2.20. The topological polar surface area (TPSA) is 61.4 Å². The second-order valence-electron chi connectivity index (χ2n) is 5.65. The van der Waals surface area contributed by atoms with Crippen molar-refractivity contribution in [2.45, 2.75) is 0 Å². The van der Waals surface area contributed by atoms with Crippen LogP contribution in [0.1, 0.15) is 10.5 Å². The fourth-order valence-electron chi connectivity index (χ4n) is 2.42. The Bertz CT molecular complexity index is 732. The van der Waals surface area contributed by atoms with Crippen LogP contribution < -0.4 is 10.2 Å². The molecule has 1 saturated heterocycles. The number of nitrogens with one attached hydrogen (secondary N) is 1. The van der Waals surface area contributed by atoms with Gasteiger partial charge in [-0.2, -0.15) is 0 Å². The van der Waals surface area contributed by atoms with Crippen LogP contribution in [0, 0.1) is 5.82 Å². The summed E-state index contributed by atoms with van der Waals surface area (Å²) in [5.41, 5.74) is 0.588. The lowest BCUT2D eigenvalue weighted by Gasteiger charge is -2.32. The van der Waals surface area contributed by atoms with Crippen LogP contribution in [0.2, 0.25) is 5.02 Å². The number of anilines is 2. The van der Waals surface area contributed by atoms with Crippen LogP contribution in [-0.4, -0.2) is 54.2 Å². The number of likely N-dealkylation sites (N-methyl/N-ethyl adjacent to an activating group) is 1. The molecule has 2 aromatic rings. The van der Waals surface area contributed by atoms with Gasteiger partial charge < -0.3 is 15.1 Å². The highest BCUT2D eigenvalue weighted by Gasteiger charge is 2.16. The first-order valence-electron chi connectivity index (χ1n) is 7.56. The molecule has 3 rings (SSSR count). The zero-order chi connectivity index (χ0) is 17.1. The van der Waals surface area contributed by atoms with Crippen molar-refractivity contribution in [1.82, 2.24) is 15.1 Å². The van der Waals surface area contributed by atoms with Crippen LogP contribution >= 0.6 is 11.6 Å². The number of carbonyl (C=O) groups excluding carboxylic acids is 1. The number of benzene rings is 1. The number of hydrogen-bond acceptors (Lipinski definition) is 5. The van der Waals surface area contributed by atoms with E-state index >= 15 is 0 Å². The lowest BCUT2D eigenvalue weighted by Crippen LogP contribution is -2.44. The van der Waals surface area contributed by atoms with E-state index in [4.69, 9.17) is 11.6 Å². The molecule has 1 aliphatic heterocycles. The smallest absolute Gasteiger partial charge is 0.276 e. The molecule has 1 amide bonds. The van der Waals surface area contributed by atoms with Gasteiger partial charge in [-0.3, -0.25) is 4.79 Å². The third-order valence-corrected chi connectivity index (χ3v) is 4.18. The number of halogens is 2. The molecule has 0 spiro atoms. The van der Waals surface area contributed by atoms with Crippen LogP contribution in [0.25, 0.3) is 0 Å². The van der Waals surface area contributed by atoms with Crippen molar-refractivity contribution in [3.63, 3.8) is 0 Å². The molecule has 1 N–H and O–H groups in total. The van der Waals surface area contributed by atoms with Crippen molar-refractivity contribution in [3.8, 4) is 0 Å². The molecule has 0 atom stereocenters. The maximum atomic E-state index is 13.1. The Morgan fingerprint density at radius 3 is 2.54 bits per heavy atom. The number of hydrogen-bond donors (Lipinski definition) is 1. The Hall–Kier alpha value is -2.25. The van der Waals surface area contributed by atoms with E-state index in [2.05, 4.69) is 32.4 Å². The second kappa shape index (κ2) is 7.11. The zero-order valence-electron chi connectivity index (χ0n) is 13.2. The van der Waals surface area contributed by atoms with Gasteiger partial charge in [0.25, 0.3) is 5.91 Å². The van der Waals surface area contributed by atoms with Crippen molar-refractivity contribution >= 4 is 29.0 Å². The summed E-state index contributed by atoms with van der Waals surface area (Å²) in [6.45, 7) is 3.69. The number of amides is 1. The van der Waals surface area contributed by atoms with Gasteiger partial charge >= 0.3 is 0 Å². The average molecular weight is 350 g/mol. The largest absolute Gasteiger partial charge is 0.353 e. The van der Waals surface area contributed by atoms with E-state index in [0.717, 1.165) is 32.0 Å². The predicted octanol–water partition coefficient (Wildman–Crippen LogP) is 2.27. The molecule has 1 aliphatic rings. The number of carbonyl (C=O) groups is 1. The van der Waals surface area contributed by atoms with Crippen molar-refractivity contribution in [3.05, 3.63) is 46.9 Å². The van der Waals surface area contributed by atoms with Gasteiger partial charge in [0.15, 0.2) is 11.5 Å². The van der Waals surface area contributed by atoms with Crippen molar-refractivity contribution in [1.29, 1.82) is 0 Å². The second-order valence-corrected chi connectivity index (χ2v) is 6.06. The summed E-state index contributed by atoms with van der Waals surface area (Å²) in [5.74, 6) is -0.203. The highest BCUT2D eigenvalue weighted by atomic mass is 35.5. The maximum absolute atomic E-state index is 13.1. The maximum Gasteiger partial charge on any atom is 0.276 e.